The van der Waals surface area contributed by atoms with E-state index in [2.05, 4.69) is 0 Å². The van der Waals surface area contributed by atoms with Crippen LogP contribution in [-0.2, 0) is 0 Å². The van der Waals surface area contributed by atoms with Crippen molar-refractivity contribution in [3.05, 3.63) is 0 Å². The first-order chi connectivity index (χ1) is 2.94. The van der Waals surface area contributed by atoms with Crippen molar-refractivity contribution in [3.8, 4) is 0 Å². The molecule has 0 aromatic rings. The third-order valence-corrected chi connectivity index (χ3v) is 3.28. The van der Waals surface area contributed by atoms with Crippen LogP contribution in [0.2, 0.25) is 0 Å². The molecule has 0 amide bonds. The van der Waals surface area contributed by atoms with Crippen LogP contribution in [0.5, 0.6) is 0 Å². The van der Waals surface area contributed by atoms with Crippen molar-refractivity contribution >= 4 is 7.72 Å². The SMILES string of the molecule is CC(C)[PH](C)(O)O. The quantitative estimate of drug-likeness (QED) is 0.502. The van der Waals surface area contributed by atoms with Crippen LogP contribution >= 0.6 is 7.72 Å². The first-order valence-electron chi connectivity index (χ1n) is 2.39. The Morgan fingerprint density at radius 2 is 1.43 bits per heavy atom. The number of hydrogen-bond acceptors (Lipinski definition) is 2. The van der Waals surface area contributed by atoms with Gasteiger partial charge in [-0.05, 0) is 0 Å². The Morgan fingerprint density at radius 3 is 1.43 bits per heavy atom. The fraction of sp³-hybridized carbons (Fsp3) is 1.00. The summed E-state index contributed by atoms with van der Waals surface area (Å²) in [5.41, 5.74) is 0.0486. The molecule has 2 nitrogen and oxygen atoms in total. The average Bonchev–Trinajstić information content (AvgIpc) is 1.31. The summed E-state index contributed by atoms with van der Waals surface area (Å²) in [6.07, 6.45) is 0. The summed E-state index contributed by atoms with van der Waals surface area (Å²) in [7, 11) is -2.73. The van der Waals surface area contributed by atoms with Crippen LogP contribution in [-0.4, -0.2) is 22.1 Å². The average molecular weight is 124 g/mol. The molecular formula is C4H13O2P. The van der Waals surface area contributed by atoms with Gasteiger partial charge in [-0.2, -0.15) is 0 Å². The van der Waals surface area contributed by atoms with Crippen LogP contribution in [0.25, 0.3) is 0 Å². The van der Waals surface area contributed by atoms with Crippen molar-refractivity contribution in [2.45, 2.75) is 19.5 Å². The molecule has 0 aliphatic rings. The van der Waals surface area contributed by atoms with E-state index in [1.807, 2.05) is 13.8 Å². The van der Waals surface area contributed by atoms with Gasteiger partial charge in [-0.25, -0.2) is 0 Å². The van der Waals surface area contributed by atoms with Gasteiger partial charge in [0.1, 0.15) is 0 Å². The Hall–Kier alpha value is 0.350. The third-order valence-electron chi connectivity index (χ3n) is 1.09. The monoisotopic (exact) mass is 124 g/mol. The Bertz CT molecular complexity index is 55.2. The molecule has 0 aromatic heterocycles. The summed E-state index contributed by atoms with van der Waals surface area (Å²) in [4.78, 5) is 17.6. The molecule has 0 aliphatic heterocycles. The molecule has 0 aromatic carbocycles. The maximum absolute atomic E-state index is 8.79. The molecule has 0 fully saturated rings. The van der Waals surface area contributed by atoms with E-state index in [1.54, 1.807) is 0 Å². The zero-order chi connectivity index (χ0) is 6.08. The van der Waals surface area contributed by atoms with E-state index in [-0.39, 0.29) is 5.66 Å². The minimum atomic E-state index is -2.73. The van der Waals surface area contributed by atoms with E-state index >= 15 is 0 Å². The molecule has 0 heterocycles. The van der Waals surface area contributed by atoms with Gasteiger partial charge in [-0.1, -0.05) is 0 Å². The van der Waals surface area contributed by atoms with Gasteiger partial charge in [-0.3, -0.25) is 0 Å². The molecule has 0 atom stereocenters. The molecule has 0 spiro atoms. The summed E-state index contributed by atoms with van der Waals surface area (Å²) >= 11 is 0. The van der Waals surface area contributed by atoms with Crippen LogP contribution in [0.4, 0.5) is 0 Å². The van der Waals surface area contributed by atoms with Gasteiger partial charge in [0.05, 0.1) is 0 Å². The van der Waals surface area contributed by atoms with Gasteiger partial charge in [0.25, 0.3) is 0 Å². The van der Waals surface area contributed by atoms with Gasteiger partial charge in [-0.15, -0.1) is 0 Å². The van der Waals surface area contributed by atoms with Crippen LogP contribution in [0.15, 0.2) is 0 Å². The maximum atomic E-state index is 8.79. The summed E-state index contributed by atoms with van der Waals surface area (Å²) in [6.45, 7) is 5.14. The fourth-order valence-electron chi connectivity index (χ4n) is 0. The molecule has 0 unspecified atom stereocenters. The van der Waals surface area contributed by atoms with E-state index in [0.29, 0.717) is 0 Å². The van der Waals surface area contributed by atoms with E-state index in [1.165, 1.54) is 6.66 Å². The number of hydrogen-bond donors (Lipinski definition) is 2. The Morgan fingerprint density at radius 1 is 1.29 bits per heavy atom. The van der Waals surface area contributed by atoms with Gasteiger partial charge in [0.15, 0.2) is 0 Å². The number of rotatable bonds is 1. The van der Waals surface area contributed by atoms with E-state index < -0.39 is 7.72 Å². The minimum absolute atomic E-state index is 0.0486. The summed E-state index contributed by atoms with van der Waals surface area (Å²) in [6, 6.07) is 0. The Labute approximate surface area is 44.7 Å². The van der Waals surface area contributed by atoms with Crippen LogP contribution in [0.3, 0.4) is 0 Å². The Balaban J connectivity index is 3.54. The second-order valence-electron chi connectivity index (χ2n) is 2.25. The molecule has 0 rings (SSSR count). The molecular weight excluding hydrogens is 111 g/mol. The molecule has 3 heteroatoms. The summed E-state index contributed by atoms with van der Waals surface area (Å²) in [5, 5.41) is 0. The second-order valence-corrected chi connectivity index (χ2v) is 5.59. The molecule has 0 radical (unpaired) electrons. The van der Waals surface area contributed by atoms with Gasteiger partial charge >= 0.3 is 43.7 Å². The van der Waals surface area contributed by atoms with Crippen LogP contribution < -0.4 is 0 Å². The van der Waals surface area contributed by atoms with Gasteiger partial charge in [0, 0.05) is 0 Å². The summed E-state index contributed by atoms with van der Waals surface area (Å²) < 4.78 is 0. The van der Waals surface area contributed by atoms with Crippen molar-refractivity contribution < 1.29 is 9.79 Å². The van der Waals surface area contributed by atoms with E-state index in [0.717, 1.165) is 0 Å². The van der Waals surface area contributed by atoms with Gasteiger partial charge in [0.2, 0.25) is 0 Å². The zero-order valence-corrected chi connectivity index (χ0v) is 5.97. The predicted molar refractivity (Wildman–Crippen MR) is 33.8 cm³/mol. The topological polar surface area (TPSA) is 40.5 Å². The van der Waals surface area contributed by atoms with Crippen LogP contribution in [0.1, 0.15) is 13.8 Å². The predicted octanol–water partition coefficient (Wildman–Crippen LogP) is 0.589. The second kappa shape index (κ2) is 2.08. The van der Waals surface area contributed by atoms with Crippen molar-refractivity contribution in [2.24, 2.45) is 0 Å². The van der Waals surface area contributed by atoms with Crippen molar-refractivity contribution in [2.75, 3.05) is 6.66 Å². The molecule has 46 valence electrons. The molecule has 0 aliphatic carbocycles. The van der Waals surface area contributed by atoms with Crippen LogP contribution in [0, 0.1) is 0 Å². The molecule has 0 saturated heterocycles. The van der Waals surface area contributed by atoms with Crippen molar-refractivity contribution in [1.29, 1.82) is 0 Å². The first kappa shape index (κ1) is 7.35. The molecule has 0 bridgehead atoms. The van der Waals surface area contributed by atoms with Crippen molar-refractivity contribution in [3.63, 3.8) is 0 Å². The Kier molecular flexibility index (Phi) is 2.18. The molecule has 7 heavy (non-hydrogen) atoms. The van der Waals surface area contributed by atoms with Gasteiger partial charge < -0.3 is 0 Å². The standard InChI is InChI=1S/C4H13O2P/c1-4(2)7(3,5)6/h4-7H,1-3H3. The van der Waals surface area contributed by atoms with Crippen molar-refractivity contribution in [1.82, 2.24) is 0 Å². The molecule has 0 saturated carbocycles. The third kappa shape index (κ3) is 2.98. The zero-order valence-electron chi connectivity index (χ0n) is 4.97. The van der Waals surface area contributed by atoms with E-state index in [9.17, 15) is 0 Å². The molecule has 2 N–H and O–H groups in total. The van der Waals surface area contributed by atoms with E-state index in [4.69, 9.17) is 9.79 Å². The first-order valence-corrected chi connectivity index (χ1v) is 4.86. The summed E-state index contributed by atoms with van der Waals surface area (Å²) in [5.74, 6) is 0. The normalized spacial score (nSPS) is 15.1. The fourth-order valence-corrected chi connectivity index (χ4v) is 0.